The first-order chi connectivity index (χ1) is 13.5. The van der Waals surface area contributed by atoms with Crippen molar-refractivity contribution in [1.29, 1.82) is 5.26 Å². The van der Waals surface area contributed by atoms with Crippen molar-refractivity contribution in [3.05, 3.63) is 41.3 Å². The molecule has 0 aliphatic carbocycles. The lowest BCUT2D eigenvalue weighted by molar-refractivity contribution is -0.128. The molecule has 1 aromatic carbocycles. The summed E-state index contributed by atoms with van der Waals surface area (Å²) in [4.78, 5) is 24.6. The van der Waals surface area contributed by atoms with Gasteiger partial charge in [0.1, 0.15) is 11.6 Å². The number of nitrogens with zero attached hydrogens (tertiary/aromatic N) is 4. The van der Waals surface area contributed by atoms with E-state index in [1.54, 1.807) is 36.0 Å². The normalized spacial score (nSPS) is 15.0. The molecule has 1 aliphatic heterocycles. The van der Waals surface area contributed by atoms with Crippen LogP contribution in [0.1, 0.15) is 44.2 Å². The number of nitriles is 1. The highest BCUT2D eigenvalue weighted by molar-refractivity contribution is 6.02. The molecule has 2 aromatic rings. The highest BCUT2D eigenvalue weighted by Crippen LogP contribution is 2.29. The van der Waals surface area contributed by atoms with Crippen LogP contribution in [0.3, 0.4) is 0 Å². The number of benzene rings is 1. The molecule has 2 heterocycles. The number of hydrogen-bond acceptors (Lipinski definition) is 7. The van der Waals surface area contributed by atoms with Gasteiger partial charge in [-0.15, -0.1) is 0 Å². The van der Waals surface area contributed by atoms with E-state index in [0.29, 0.717) is 29.0 Å². The highest BCUT2D eigenvalue weighted by Gasteiger charge is 2.21. The maximum absolute atomic E-state index is 11.3. The second-order valence-corrected chi connectivity index (χ2v) is 6.89. The molecular formula is C20H21N5O3. The van der Waals surface area contributed by atoms with Crippen LogP contribution in [0, 0.1) is 17.2 Å². The second kappa shape index (κ2) is 8.59. The van der Waals surface area contributed by atoms with Crippen LogP contribution in [0.25, 0.3) is 11.1 Å². The van der Waals surface area contributed by atoms with E-state index in [2.05, 4.69) is 21.0 Å². The molecule has 1 unspecified atom stereocenters. The molecule has 1 amide bonds. The maximum Gasteiger partial charge on any atom is 0.247 e. The zero-order chi connectivity index (χ0) is 20.1. The summed E-state index contributed by atoms with van der Waals surface area (Å²) in [6, 6.07) is 6.89. The third kappa shape index (κ3) is 4.90. The van der Waals surface area contributed by atoms with Crippen LogP contribution in [-0.4, -0.2) is 34.6 Å². The number of carbonyl (C=O) groups is 1. The third-order valence-electron chi connectivity index (χ3n) is 4.28. The van der Waals surface area contributed by atoms with Crippen molar-refractivity contribution in [2.45, 2.75) is 32.7 Å². The van der Waals surface area contributed by atoms with Gasteiger partial charge in [0, 0.05) is 24.8 Å². The molecule has 0 saturated carbocycles. The summed E-state index contributed by atoms with van der Waals surface area (Å²) in [7, 11) is 0. The van der Waals surface area contributed by atoms with Crippen molar-refractivity contribution in [1.82, 2.24) is 10.5 Å². The van der Waals surface area contributed by atoms with Crippen LogP contribution in [0.4, 0.5) is 0 Å². The van der Waals surface area contributed by atoms with E-state index >= 15 is 0 Å². The molecule has 2 N–H and O–H groups in total. The molecule has 3 rings (SSSR count). The van der Waals surface area contributed by atoms with Crippen molar-refractivity contribution in [2.75, 3.05) is 6.54 Å². The minimum Gasteiger partial charge on any atom is -0.438 e. The number of oxazole rings is 1. The molecule has 0 radical (unpaired) electrons. The number of aliphatic imine (C=N–C) groups is 2. The van der Waals surface area contributed by atoms with Crippen LogP contribution in [-0.2, 0) is 4.79 Å². The quantitative estimate of drug-likeness (QED) is 0.414. The number of hydrogen-bond donors (Lipinski definition) is 2. The molecule has 1 aliphatic rings. The van der Waals surface area contributed by atoms with Crippen molar-refractivity contribution in [2.24, 2.45) is 15.9 Å². The van der Waals surface area contributed by atoms with Gasteiger partial charge in [0.25, 0.3) is 0 Å². The summed E-state index contributed by atoms with van der Waals surface area (Å²) >= 11 is 0. The van der Waals surface area contributed by atoms with Crippen molar-refractivity contribution in [3.63, 3.8) is 0 Å². The SMILES string of the molecule is CC(C)C(N=C/C(=C/CC(=O)NO)CC1=NC1)c1nc2cc(C#N)ccc2o1. The first-order valence-electron chi connectivity index (χ1n) is 8.98. The fourth-order valence-electron chi connectivity index (χ4n) is 2.68. The number of allylic oxidation sites excluding steroid dienone is 1. The Morgan fingerprint density at radius 3 is 2.93 bits per heavy atom. The van der Waals surface area contributed by atoms with Crippen LogP contribution in [0.5, 0.6) is 0 Å². The fourth-order valence-corrected chi connectivity index (χ4v) is 2.68. The number of carbonyl (C=O) groups excluding carboxylic acids is 1. The van der Waals surface area contributed by atoms with Crippen molar-refractivity contribution < 1.29 is 14.4 Å². The van der Waals surface area contributed by atoms with Crippen LogP contribution in [0.15, 0.2) is 44.3 Å². The molecule has 1 atom stereocenters. The molecule has 1 aromatic heterocycles. The average Bonchev–Trinajstić information content (AvgIpc) is 3.41. The Kier molecular flexibility index (Phi) is 5.96. The Balaban J connectivity index is 1.85. The van der Waals surface area contributed by atoms with E-state index in [1.807, 2.05) is 13.8 Å². The predicted octanol–water partition coefficient (Wildman–Crippen LogP) is 3.13. The smallest absolute Gasteiger partial charge is 0.247 e. The van der Waals surface area contributed by atoms with Crippen LogP contribution < -0.4 is 5.48 Å². The molecule has 8 heteroatoms. The van der Waals surface area contributed by atoms with Gasteiger partial charge in [-0.2, -0.15) is 5.26 Å². The maximum atomic E-state index is 11.3. The Hall–Kier alpha value is -3.31. The Labute approximate surface area is 162 Å². The van der Waals surface area contributed by atoms with Crippen LogP contribution >= 0.6 is 0 Å². The van der Waals surface area contributed by atoms with Crippen LogP contribution in [0.2, 0.25) is 0 Å². The minimum absolute atomic E-state index is 0.0529. The van der Waals surface area contributed by atoms with Gasteiger partial charge in [0.2, 0.25) is 11.8 Å². The Morgan fingerprint density at radius 1 is 1.50 bits per heavy atom. The van der Waals surface area contributed by atoms with Gasteiger partial charge in [-0.3, -0.25) is 20.0 Å². The fraction of sp³-hybridized carbons (Fsp3) is 0.350. The molecule has 0 fully saturated rings. The summed E-state index contributed by atoms with van der Waals surface area (Å²) in [6.45, 7) is 4.77. The largest absolute Gasteiger partial charge is 0.438 e. The van der Waals surface area contributed by atoms with Gasteiger partial charge in [0.15, 0.2) is 5.58 Å². The number of rotatable bonds is 8. The molecular weight excluding hydrogens is 358 g/mol. The van der Waals surface area contributed by atoms with Gasteiger partial charge in [-0.05, 0) is 29.7 Å². The number of hydroxylamine groups is 1. The highest BCUT2D eigenvalue weighted by atomic mass is 16.5. The van der Waals surface area contributed by atoms with Gasteiger partial charge >= 0.3 is 0 Å². The van der Waals surface area contributed by atoms with Crippen molar-refractivity contribution in [3.8, 4) is 6.07 Å². The Morgan fingerprint density at radius 2 is 2.29 bits per heavy atom. The molecule has 0 spiro atoms. The van der Waals surface area contributed by atoms with E-state index in [4.69, 9.17) is 14.9 Å². The summed E-state index contributed by atoms with van der Waals surface area (Å²) < 4.78 is 5.86. The molecule has 0 saturated heterocycles. The summed E-state index contributed by atoms with van der Waals surface area (Å²) in [5, 5.41) is 17.7. The van der Waals surface area contributed by atoms with E-state index in [1.165, 1.54) is 0 Å². The lowest BCUT2D eigenvalue weighted by Crippen LogP contribution is -2.17. The summed E-state index contributed by atoms with van der Waals surface area (Å²) in [5.74, 6) is 0.115. The number of amides is 1. The average molecular weight is 379 g/mol. The zero-order valence-electron chi connectivity index (χ0n) is 15.7. The lowest BCUT2D eigenvalue weighted by atomic mass is 10.0. The van der Waals surface area contributed by atoms with E-state index in [9.17, 15) is 4.79 Å². The van der Waals surface area contributed by atoms with E-state index in [-0.39, 0.29) is 18.4 Å². The van der Waals surface area contributed by atoms with Crippen molar-refractivity contribution >= 4 is 28.9 Å². The first kappa shape index (κ1) is 19.5. The first-order valence-corrected chi connectivity index (χ1v) is 8.98. The van der Waals surface area contributed by atoms with Gasteiger partial charge in [0.05, 0.1) is 18.2 Å². The minimum atomic E-state index is -0.490. The summed E-state index contributed by atoms with van der Waals surface area (Å²) in [5.41, 5.74) is 5.26. The van der Waals surface area contributed by atoms with Gasteiger partial charge in [-0.1, -0.05) is 19.9 Å². The number of aromatic nitrogens is 1. The lowest BCUT2D eigenvalue weighted by Gasteiger charge is -2.12. The van der Waals surface area contributed by atoms with E-state index < -0.39 is 5.91 Å². The monoisotopic (exact) mass is 379 g/mol. The second-order valence-electron chi connectivity index (χ2n) is 6.89. The standard InChI is InChI=1S/C20H21N5O3/c1-12(2)19(20-24-16-8-13(9-21)3-5-17(16)28-20)23-10-14(7-15-11-22-15)4-6-18(26)25-27/h3-5,8,10,12,19,27H,6-7,11H2,1-2H3,(H,25,26)/b14-4+,23-10?. The number of fused-ring (bicyclic) bond motifs is 1. The van der Waals surface area contributed by atoms with E-state index in [0.717, 1.165) is 17.8 Å². The third-order valence-corrected chi connectivity index (χ3v) is 4.28. The predicted molar refractivity (Wildman–Crippen MR) is 104 cm³/mol. The molecule has 8 nitrogen and oxygen atoms in total. The summed E-state index contributed by atoms with van der Waals surface area (Å²) in [6.07, 6.45) is 4.10. The molecule has 28 heavy (non-hydrogen) atoms. The van der Waals surface area contributed by atoms with Gasteiger partial charge < -0.3 is 4.42 Å². The zero-order valence-corrected chi connectivity index (χ0v) is 15.7. The molecule has 144 valence electrons. The van der Waals surface area contributed by atoms with Gasteiger partial charge in [-0.25, -0.2) is 10.5 Å². The topological polar surface area (TPSA) is 124 Å². The molecule has 0 bridgehead atoms. The number of nitrogens with one attached hydrogen (secondary N) is 1. The Bertz CT molecular complexity index is 1010.